The average molecular weight is 337 g/mol. The zero-order chi connectivity index (χ0) is 16.5. The number of piperidine rings is 1. The summed E-state index contributed by atoms with van der Waals surface area (Å²) in [5, 5.41) is 7.59. The first-order valence-electron chi connectivity index (χ1n) is 8.55. The molecule has 1 heterocycles. The van der Waals surface area contributed by atoms with E-state index in [-0.39, 0.29) is 0 Å². The third kappa shape index (κ3) is 6.80. The molecule has 1 aromatic rings. The average Bonchev–Trinajstić information content (AvgIpc) is 2.55. The number of nitrogens with zero attached hydrogens (tertiary/aromatic N) is 2. The molecule has 2 N–H and O–H groups in total. The van der Waals surface area contributed by atoms with Crippen molar-refractivity contribution in [1.82, 2.24) is 15.5 Å². The fourth-order valence-corrected chi connectivity index (χ4v) is 3.20. The smallest absolute Gasteiger partial charge is 0.190 e. The van der Waals surface area contributed by atoms with Crippen LogP contribution in [-0.2, 0) is 6.42 Å². The van der Waals surface area contributed by atoms with Gasteiger partial charge in [0, 0.05) is 25.2 Å². The van der Waals surface area contributed by atoms with Crippen LogP contribution in [-0.4, -0.2) is 51.1 Å². The van der Waals surface area contributed by atoms with Gasteiger partial charge in [-0.25, -0.2) is 0 Å². The number of nitrogens with one attached hydrogen (secondary N) is 2. The second kappa shape index (κ2) is 9.78. The molecule has 0 unspecified atom stereocenters. The minimum absolute atomic E-state index is 0.795. The van der Waals surface area contributed by atoms with E-state index in [0.29, 0.717) is 0 Å². The quantitative estimate of drug-likeness (QED) is 0.620. The Morgan fingerprint density at radius 3 is 2.70 bits per heavy atom. The predicted octanol–water partition coefficient (Wildman–Crippen LogP) is 2.78. The van der Waals surface area contributed by atoms with E-state index in [0.717, 1.165) is 36.4 Å². The van der Waals surface area contributed by atoms with Crippen molar-refractivity contribution in [2.75, 3.05) is 40.3 Å². The van der Waals surface area contributed by atoms with Gasteiger partial charge < -0.3 is 15.5 Å². The summed E-state index contributed by atoms with van der Waals surface area (Å²) in [6.45, 7) is 4.31. The van der Waals surface area contributed by atoms with E-state index >= 15 is 0 Å². The highest BCUT2D eigenvalue weighted by atomic mass is 35.5. The molecule has 2 rings (SSSR count). The van der Waals surface area contributed by atoms with Gasteiger partial charge in [0.15, 0.2) is 5.96 Å². The first-order valence-corrected chi connectivity index (χ1v) is 8.92. The normalized spacial score (nSPS) is 17.3. The molecular formula is C18H29ClN4. The van der Waals surface area contributed by atoms with E-state index in [9.17, 15) is 0 Å². The molecule has 128 valence electrons. The minimum atomic E-state index is 0.795. The third-order valence-corrected chi connectivity index (χ3v) is 4.74. The number of hydrogen-bond donors (Lipinski definition) is 2. The first kappa shape index (κ1) is 18.1. The summed E-state index contributed by atoms with van der Waals surface area (Å²) >= 11 is 6.01. The molecule has 1 aliphatic rings. The van der Waals surface area contributed by atoms with Crippen molar-refractivity contribution in [3.63, 3.8) is 0 Å². The highest BCUT2D eigenvalue weighted by Crippen LogP contribution is 2.18. The predicted molar refractivity (Wildman–Crippen MR) is 99.4 cm³/mol. The van der Waals surface area contributed by atoms with E-state index < -0.39 is 0 Å². The number of benzene rings is 1. The van der Waals surface area contributed by atoms with Crippen molar-refractivity contribution >= 4 is 17.6 Å². The van der Waals surface area contributed by atoms with Crippen LogP contribution in [0.5, 0.6) is 0 Å². The molecule has 1 fully saturated rings. The van der Waals surface area contributed by atoms with Crippen LogP contribution < -0.4 is 10.6 Å². The maximum absolute atomic E-state index is 6.01. The van der Waals surface area contributed by atoms with Crippen molar-refractivity contribution < 1.29 is 0 Å². The minimum Gasteiger partial charge on any atom is -0.356 e. The van der Waals surface area contributed by atoms with Crippen molar-refractivity contribution in [3.8, 4) is 0 Å². The Balaban J connectivity index is 1.62. The lowest BCUT2D eigenvalue weighted by atomic mass is 9.94. The fourth-order valence-electron chi connectivity index (χ4n) is 2.98. The fraction of sp³-hybridized carbons (Fsp3) is 0.611. The van der Waals surface area contributed by atoms with Gasteiger partial charge in [-0.15, -0.1) is 0 Å². The largest absolute Gasteiger partial charge is 0.356 e. The van der Waals surface area contributed by atoms with Gasteiger partial charge in [0.05, 0.1) is 0 Å². The molecule has 4 nitrogen and oxygen atoms in total. The van der Waals surface area contributed by atoms with Gasteiger partial charge in [-0.1, -0.05) is 23.7 Å². The molecule has 5 heteroatoms. The molecule has 1 aliphatic heterocycles. The van der Waals surface area contributed by atoms with Crippen LogP contribution in [0.4, 0.5) is 0 Å². The van der Waals surface area contributed by atoms with E-state index in [1.807, 2.05) is 25.2 Å². The van der Waals surface area contributed by atoms with Crippen LogP contribution in [0.15, 0.2) is 29.3 Å². The Labute approximate surface area is 145 Å². The summed E-state index contributed by atoms with van der Waals surface area (Å²) in [5.41, 5.74) is 1.24. The molecule has 0 amide bonds. The van der Waals surface area contributed by atoms with Crippen LogP contribution in [0.3, 0.4) is 0 Å². The number of likely N-dealkylation sites (tertiary alicyclic amines) is 1. The molecule has 0 atom stereocenters. The Bertz CT molecular complexity index is 496. The molecular weight excluding hydrogens is 308 g/mol. The lowest BCUT2D eigenvalue weighted by molar-refractivity contribution is 0.213. The Kier molecular flexibility index (Phi) is 7.69. The number of guanidine groups is 1. The van der Waals surface area contributed by atoms with E-state index in [2.05, 4.69) is 33.6 Å². The molecule has 1 saturated heterocycles. The van der Waals surface area contributed by atoms with Crippen LogP contribution >= 0.6 is 11.6 Å². The molecule has 0 spiro atoms. The van der Waals surface area contributed by atoms with Crippen LogP contribution in [0.25, 0.3) is 0 Å². The second-order valence-corrected chi connectivity index (χ2v) is 6.78. The van der Waals surface area contributed by atoms with Gasteiger partial charge >= 0.3 is 0 Å². The van der Waals surface area contributed by atoms with E-state index in [1.54, 1.807) is 0 Å². The van der Waals surface area contributed by atoms with E-state index in [4.69, 9.17) is 11.6 Å². The highest BCUT2D eigenvalue weighted by molar-refractivity contribution is 6.30. The summed E-state index contributed by atoms with van der Waals surface area (Å²) in [5.74, 6) is 1.74. The Hall–Kier alpha value is -1.26. The topological polar surface area (TPSA) is 39.7 Å². The molecule has 0 saturated carbocycles. The molecule has 0 radical (unpaired) electrons. The number of hydrogen-bond acceptors (Lipinski definition) is 2. The zero-order valence-corrected chi connectivity index (χ0v) is 15.1. The lowest BCUT2D eigenvalue weighted by Gasteiger charge is -2.29. The summed E-state index contributed by atoms with van der Waals surface area (Å²) in [6.07, 6.45) is 4.80. The molecule has 0 aromatic heterocycles. The summed E-state index contributed by atoms with van der Waals surface area (Å²) in [4.78, 5) is 6.71. The molecule has 23 heavy (non-hydrogen) atoms. The lowest BCUT2D eigenvalue weighted by Crippen LogP contribution is -2.39. The monoisotopic (exact) mass is 336 g/mol. The van der Waals surface area contributed by atoms with Gasteiger partial charge in [0.25, 0.3) is 0 Å². The van der Waals surface area contributed by atoms with Gasteiger partial charge in [-0.3, -0.25) is 4.99 Å². The van der Waals surface area contributed by atoms with Gasteiger partial charge in [-0.2, -0.15) is 0 Å². The maximum atomic E-state index is 6.01. The second-order valence-electron chi connectivity index (χ2n) is 6.34. The SMILES string of the molecule is CN=C(NCCc1cccc(Cl)c1)NCCC1CCN(C)CC1. The highest BCUT2D eigenvalue weighted by Gasteiger charge is 2.16. The van der Waals surface area contributed by atoms with Crippen LogP contribution in [0.1, 0.15) is 24.8 Å². The number of aliphatic imine (C=N–C) groups is 1. The Morgan fingerprint density at radius 1 is 1.26 bits per heavy atom. The standard InChI is InChI=1S/C18H29ClN4/c1-20-18(21-10-6-15-8-12-23(2)13-9-15)22-11-7-16-4-3-5-17(19)14-16/h3-5,14-15H,6-13H2,1-2H3,(H2,20,21,22). The molecule has 1 aromatic carbocycles. The first-order chi connectivity index (χ1) is 11.2. The van der Waals surface area contributed by atoms with Crippen LogP contribution in [0.2, 0.25) is 5.02 Å². The number of halogens is 1. The van der Waals surface area contributed by atoms with E-state index in [1.165, 1.54) is 37.9 Å². The van der Waals surface area contributed by atoms with Gasteiger partial charge in [0.1, 0.15) is 0 Å². The van der Waals surface area contributed by atoms with Gasteiger partial charge in [0.2, 0.25) is 0 Å². The third-order valence-electron chi connectivity index (χ3n) is 4.50. The number of rotatable bonds is 6. The molecule has 0 bridgehead atoms. The van der Waals surface area contributed by atoms with Crippen molar-refractivity contribution in [1.29, 1.82) is 0 Å². The maximum Gasteiger partial charge on any atom is 0.190 e. The van der Waals surface area contributed by atoms with Crippen molar-refractivity contribution in [2.24, 2.45) is 10.9 Å². The van der Waals surface area contributed by atoms with Crippen molar-refractivity contribution in [3.05, 3.63) is 34.9 Å². The van der Waals surface area contributed by atoms with Crippen LogP contribution in [0, 0.1) is 5.92 Å². The summed E-state index contributed by atoms with van der Waals surface area (Å²) in [6, 6.07) is 8.01. The van der Waals surface area contributed by atoms with Gasteiger partial charge in [-0.05, 0) is 69.4 Å². The summed E-state index contributed by atoms with van der Waals surface area (Å²) in [7, 11) is 4.03. The zero-order valence-electron chi connectivity index (χ0n) is 14.3. The van der Waals surface area contributed by atoms with Crippen molar-refractivity contribution in [2.45, 2.75) is 25.7 Å². The Morgan fingerprint density at radius 2 is 2.00 bits per heavy atom. The molecule has 0 aliphatic carbocycles. The summed E-state index contributed by atoms with van der Waals surface area (Å²) < 4.78 is 0.